The van der Waals surface area contributed by atoms with Crippen molar-refractivity contribution in [1.29, 1.82) is 0 Å². The van der Waals surface area contributed by atoms with Crippen molar-refractivity contribution in [3.05, 3.63) is 0 Å². The van der Waals surface area contributed by atoms with E-state index in [-0.39, 0.29) is 0 Å². The van der Waals surface area contributed by atoms with Gasteiger partial charge in [0.1, 0.15) is 0 Å². The number of nitrogens with one attached hydrogen (secondary N) is 1. The predicted molar refractivity (Wildman–Crippen MR) is 76.3 cm³/mol. The van der Waals surface area contributed by atoms with Crippen LogP contribution in [-0.2, 0) is 0 Å². The Balaban J connectivity index is 2.52. The van der Waals surface area contributed by atoms with Crippen LogP contribution < -0.4 is 5.32 Å². The van der Waals surface area contributed by atoms with E-state index in [9.17, 15) is 0 Å². The maximum Gasteiger partial charge on any atom is 0.0220 e. The number of hydrogen-bond donors (Lipinski definition) is 1. The van der Waals surface area contributed by atoms with E-state index in [2.05, 4.69) is 52.0 Å². The molecule has 0 radical (unpaired) electrons. The molecule has 102 valence electrons. The third kappa shape index (κ3) is 4.97. The summed E-state index contributed by atoms with van der Waals surface area (Å²) >= 11 is 0. The molecule has 0 aromatic rings. The second kappa shape index (κ2) is 6.75. The van der Waals surface area contributed by atoms with Crippen LogP contribution in [0.4, 0.5) is 0 Å². The Hall–Kier alpha value is -0.0800. The van der Waals surface area contributed by atoms with Gasteiger partial charge >= 0.3 is 0 Å². The molecule has 0 aromatic carbocycles. The number of nitrogens with zero attached hydrogens (tertiary/aromatic N) is 1. The van der Waals surface area contributed by atoms with E-state index in [1.54, 1.807) is 0 Å². The lowest BCUT2D eigenvalue weighted by atomic mass is 9.79. The zero-order valence-electron chi connectivity index (χ0n) is 12.7. The Morgan fingerprint density at radius 2 is 1.82 bits per heavy atom. The molecule has 1 fully saturated rings. The van der Waals surface area contributed by atoms with E-state index >= 15 is 0 Å². The van der Waals surface area contributed by atoms with E-state index in [0.29, 0.717) is 12.0 Å². The van der Waals surface area contributed by atoms with Crippen molar-refractivity contribution in [1.82, 2.24) is 10.2 Å². The molecule has 2 heteroatoms. The van der Waals surface area contributed by atoms with Gasteiger partial charge in [0.25, 0.3) is 0 Å². The third-order valence-electron chi connectivity index (χ3n) is 4.25. The minimum Gasteiger partial charge on any atom is -0.309 e. The van der Waals surface area contributed by atoms with Gasteiger partial charge in [0.15, 0.2) is 0 Å². The molecule has 0 amide bonds. The normalized spacial score (nSPS) is 32.1. The van der Waals surface area contributed by atoms with E-state index in [1.165, 1.54) is 19.3 Å². The van der Waals surface area contributed by atoms with Crippen molar-refractivity contribution in [3.8, 4) is 0 Å². The summed E-state index contributed by atoms with van der Waals surface area (Å²) in [5.74, 6) is 2.45. The summed E-state index contributed by atoms with van der Waals surface area (Å²) in [4.78, 5) is 2.30. The highest BCUT2D eigenvalue weighted by atomic mass is 15.1. The van der Waals surface area contributed by atoms with E-state index in [0.717, 1.165) is 24.4 Å². The van der Waals surface area contributed by atoms with Crippen molar-refractivity contribution >= 4 is 0 Å². The summed E-state index contributed by atoms with van der Waals surface area (Å²) in [6.45, 7) is 10.6. The molecule has 1 saturated carbocycles. The van der Waals surface area contributed by atoms with Gasteiger partial charge < -0.3 is 10.2 Å². The van der Waals surface area contributed by atoms with Crippen LogP contribution >= 0.6 is 0 Å². The first-order valence-corrected chi connectivity index (χ1v) is 7.31. The Morgan fingerprint density at radius 1 is 1.18 bits per heavy atom. The maximum absolute atomic E-state index is 3.93. The third-order valence-corrected chi connectivity index (χ3v) is 4.25. The standard InChI is InChI=1S/C15H32N2/c1-11(2)15(10-17(5)6)16-14-9-12(3)7-8-13(14)4/h11-16H,7-10H2,1-6H3. The van der Waals surface area contributed by atoms with Crippen LogP contribution in [0.25, 0.3) is 0 Å². The smallest absolute Gasteiger partial charge is 0.0220 e. The fourth-order valence-electron chi connectivity index (χ4n) is 2.89. The molecule has 1 rings (SSSR count). The molecule has 1 aliphatic carbocycles. The fraction of sp³-hybridized carbons (Fsp3) is 1.00. The lowest BCUT2D eigenvalue weighted by Gasteiger charge is -2.38. The first-order chi connectivity index (χ1) is 7.90. The molecular weight excluding hydrogens is 208 g/mol. The molecule has 0 bridgehead atoms. The second-order valence-electron chi connectivity index (χ2n) is 6.78. The topological polar surface area (TPSA) is 15.3 Å². The molecule has 4 unspecified atom stereocenters. The lowest BCUT2D eigenvalue weighted by molar-refractivity contribution is 0.182. The number of rotatable bonds is 5. The van der Waals surface area contributed by atoms with E-state index < -0.39 is 0 Å². The van der Waals surface area contributed by atoms with Crippen LogP contribution in [0.3, 0.4) is 0 Å². The summed E-state index contributed by atoms with van der Waals surface area (Å²) in [5, 5.41) is 3.93. The molecule has 1 aliphatic rings. The quantitative estimate of drug-likeness (QED) is 0.795. The highest BCUT2D eigenvalue weighted by Crippen LogP contribution is 2.29. The second-order valence-corrected chi connectivity index (χ2v) is 6.78. The largest absolute Gasteiger partial charge is 0.309 e. The van der Waals surface area contributed by atoms with E-state index in [4.69, 9.17) is 0 Å². The first kappa shape index (κ1) is 15.0. The van der Waals surface area contributed by atoms with Gasteiger partial charge in [-0.25, -0.2) is 0 Å². The molecule has 0 aliphatic heterocycles. The molecule has 17 heavy (non-hydrogen) atoms. The van der Waals surface area contributed by atoms with Crippen LogP contribution in [0.5, 0.6) is 0 Å². The lowest BCUT2D eigenvalue weighted by Crippen LogP contribution is -2.50. The minimum atomic E-state index is 0.628. The molecule has 0 heterocycles. The van der Waals surface area contributed by atoms with E-state index in [1.807, 2.05) is 0 Å². The first-order valence-electron chi connectivity index (χ1n) is 7.31. The highest BCUT2D eigenvalue weighted by Gasteiger charge is 2.28. The molecule has 0 spiro atoms. The molecule has 0 saturated heterocycles. The van der Waals surface area contributed by atoms with Crippen LogP contribution in [0.15, 0.2) is 0 Å². The Labute approximate surface area is 108 Å². The van der Waals surface area contributed by atoms with Gasteiger partial charge in [-0.1, -0.05) is 34.1 Å². The van der Waals surface area contributed by atoms with Crippen LogP contribution in [-0.4, -0.2) is 37.6 Å². The van der Waals surface area contributed by atoms with Gasteiger partial charge in [-0.2, -0.15) is 0 Å². The van der Waals surface area contributed by atoms with Crippen molar-refractivity contribution in [2.75, 3.05) is 20.6 Å². The van der Waals surface area contributed by atoms with Gasteiger partial charge in [-0.15, -0.1) is 0 Å². The predicted octanol–water partition coefficient (Wildman–Crippen LogP) is 2.99. The van der Waals surface area contributed by atoms with Crippen LogP contribution in [0, 0.1) is 17.8 Å². The molecular formula is C15H32N2. The summed E-state index contributed by atoms with van der Waals surface area (Å²) in [6, 6.07) is 1.36. The monoisotopic (exact) mass is 240 g/mol. The van der Waals surface area contributed by atoms with Crippen LogP contribution in [0.1, 0.15) is 47.0 Å². The minimum absolute atomic E-state index is 0.628. The Morgan fingerprint density at radius 3 is 2.35 bits per heavy atom. The van der Waals surface area contributed by atoms with Crippen molar-refractivity contribution in [2.45, 2.75) is 59.0 Å². The van der Waals surface area contributed by atoms with Crippen molar-refractivity contribution in [3.63, 3.8) is 0 Å². The van der Waals surface area contributed by atoms with Gasteiger partial charge in [0.2, 0.25) is 0 Å². The van der Waals surface area contributed by atoms with Gasteiger partial charge in [-0.05, 0) is 44.7 Å². The van der Waals surface area contributed by atoms with Gasteiger partial charge in [-0.3, -0.25) is 0 Å². The molecule has 0 aromatic heterocycles. The zero-order chi connectivity index (χ0) is 13.0. The average Bonchev–Trinajstić information content (AvgIpc) is 2.21. The molecule has 4 atom stereocenters. The van der Waals surface area contributed by atoms with Gasteiger partial charge in [0, 0.05) is 18.6 Å². The summed E-state index contributed by atoms with van der Waals surface area (Å²) in [5.41, 5.74) is 0. The SMILES string of the molecule is CC1CCC(C)C(NC(CN(C)C)C(C)C)C1. The highest BCUT2D eigenvalue weighted by molar-refractivity contribution is 4.86. The summed E-state index contributed by atoms with van der Waals surface area (Å²) in [6.07, 6.45) is 4.17. The zero-order valence-corrected chi connectivity index (χ0v) is 12.7. The fourth-order valence-corrected chi connectivity index (χ4v) is 2.89. The summed E-state index contributed by atoms with van der Waals surface area (Å²) < 4.78 is 0. The summed E-state index contributed by atoms with van der Waals surface area (Å²) in [7, 11) is 4.34. The number of hydrogen-bond acceptors (Lipinski definition) is 2. The van der Waals surface area contributed by atoms with Gasteiger partial charge in [0.05, 0.1) is 0 Å². The maximum atomic E-state index is 3.93. The van der Waals surface area contributed by atoms with Crippen LogP contribution in [0.2, 0.25) is 0 Å². The van der Waals surface area contributed by atoms with Crippen molar-refractivity contribution < 1.29 is 0 Å². The Kier molecular flexibility index (Phi) is 5.94. The average molecular weight is 240 g/mol. The Bertz CT molecular complexity index is 211. The molecule has 2 nitrogen and oxygen atoms in total. The number of likely N-dealkylation sites (N-methyl/N-ethyl adjacent to an activating group) is 1. The molecule has 1 N–H and O–H groups in total. The van der Waals surface area contributed by atoms with Crippen molar-refractivity contribution in [2.24, 2.45) is 17.8 Å².